The van der Waals surface area contributed by atoms with Crippen LogP contribution in [-0.4, -0.2) is 15.0 Å². The zero-order valence-corrected chi connectivity index (χ0v) is 32.6. The van der Waals surface area contributed by atoms with Crippen LogP contribution in [0.1, 0.15) is 57.1 Å². The molecular formula is C51H42N4S. The van der Waals surface area contributed by atoms with Gasteiger partial charge in [-0.25, -0.2) is 15.0 Å². The van der Waals surface area contributed by atoms with Crippen LogP contribution in [0.15, 0.2) is 140 Å². The van der Waals surface area contributed by atoms with E-state index in [2.05, 4.69) is 141 Å². The van der Waals surface area contributed by atoms with E-state index in [-0.39, 0.29) is 5.41 Å². The molecule has 56 heavy (non-hydrogen) atoms. The minimum atomic E-state index is 0.265. The van der Waals surface area contributed by atoms with Crippen LogP contribution in [0.3, 0.4) is 0 Å². The molecule has 2 bridgehead atoms. The second-order valence-corrected chi connectivity index (χ2v) is 17.5. The molecule has 0 N–H and O–H groups in total. The number of hydrogen-bond acceptors (Lipinski definition) is 5. The van der Waals surface area contributed by atoms with Gasteiger partial charge in [-0.15, -0.1) is 11.3 Å². The Balaban J connectivity index is 1.08. The third kappa shape index (κ3) is 6.29. The Morgan fingerprint density at radius 3 is 1.88 bits per heavy atom. The Labute approximate surface area is 332 Å². The molecule has 0 amide bonds. The molecule has 4 atom stereocenters. The van der Waals surface area contributed by atoms with Gasteiger partial charge in [0.05, 0.1) is 11.6 Å². The van der Waals surface area contributed by atoms with Gasteiger partial charge >= 0.3 is 0 Å². The summed E-state index contributed by atoms with van der Waals surface area (Å²) in [6.07, 6.45) is 6.60. The van der Waals surface area contributed by atoms with Gasteiger partial charge in [-0.05, 0) is 107 Å². The summed E-state index contributed by atoms with van der Waals surface area (Å²) in [5.41, 5.74) is 9.78. The van der Waals surface area contributed by atoms with Crippen LogP contribution in [-0.2, 0) is 5.41 Å². The highest BCUT2D eigenvalue weighted by molar-refractivity contribution is 7.25. The third-order valence-corrected chi connectivity index (χ3v) is 13.4. The number of aromatic nitrogens is 3. The maximum Gasteiger partial charge on any atom is 0.164 e. The molecule has 6 aromatic carbocycles. The molecule has 0 radical (unpaired) electrons. The van der Waals surface area contributed by atoms with Crippen molar-refractivity contribution in [2.24, 2.45) is 17.8 Å². The molecule has 2 saturated carbocycles. The minimum absolute atomic E-state index is 0.265. The Morgan fingerprint density at radius 1 is 0.536 bits per heavy atom. The highest BCUT2D eigenvalue weighted by Crippen LogP contribution is 2.54. The number of benzene rings is 6. The molecule has 2 heterocycles. The molecule has 0 spiro atoms. The second-order valence-electron chi connectivity index (χ2n) is 16.5. The topological polar surface area (TPSA) is 62.5 Å². The van der Waals surface area contributed by atoms with Crippen molar-refractivity contribution in [3.05, 3.63) is 151 Å². The first-order chi connectivity index (χ1) is 27.4. The number of thiophene rings is 1. The van der Waals surface area contributed by atoms with Crippen LogP contribution >= 0.6 is 11.3 Å². The van der Waals surface area contributed by atoms with E-state index in [0.29, 0.717) is 23.0 Å². The maximum atomic E-state index is 9.46. The Bertz CT molecular complexity index is 2780. The first-order valence-corrected chi connectivity index (χ1v) is 20.7. The van der Waals surface area contributed by atoms with E-state index < -0.39 is 0 Å². The Kier molecular flexibility index (Phi) is 8.61. The molecule has 2 fully saturated rings. The molecule has 0 saturated heterocycles. The van der Waals surface area contributed by atoms with Crippen molar-refractivity contribution in [1.82, 2.24) is 15.0 Å². The lowest BCUT2D eigenvalue weighted by Gasteiger charge is -2.50. The standard InChI is InChI=1S/C51H42N4S/c1-32-23-35-24-33(2)29-51(28-32,30-35)41-19-16-37(17-20-41)48-53-49(55-50(54-48)45-14-7-6-13-42(45)36-9-4-3-5-10-36)40-12-8-11-38(26-40)39-18-22-44-43-21-15-34(31-52)25-46(43)56-47(44)27-39/h3-22,25-27,32-33,35H,23-24,28-30H2,1-2H3/t32-,33+,35-,51?. The van der Waals surface area contributed by atoms with Crippen LogP contribution in [0.2, 0.25) is 0 Å². The van der Waals surface area contributed by atoms with Gasteiger partial charge < -0.3 is 0 Å². The van der Waals surface area contributed by atoms with Gasteiger partial charge in [0.1, 0.15) is 0 Å². The average molecular weight is 743 g/mol. The fourth-order valence-electron chi connectivity index (χ4n) is 10.2. The van der Waals surface area contributed by atoms with Crippen LogP contribution in [0.4, 0.5) is 0 Å². The van der Waals surface area contributed by atoms with E-state index in [1.54, 1.807) is 11.3 Å². The largest absolute Gasteiger partial charge is 0.208 e. The van der Waals surface area contributed by atoms with Crippen molar-refractivity contribution >= 4 is 31.5 Å². The molecule has 272 valence electrons. The predicted molar refractivity (Wildman–Crippen MR) is 231 cm³/mol. The number of rotatable bonds is 6. The smallest absolute Gasteiger partial charge is 0.164 e. The van der Waals surface area contributed by atoms with Crippen molar-refractivity contribution in [2.45, 2.75) is 51.4 Å². The SMILES string of the molecule is C[C@@H]1C[C@@H]2C[C@H](C)CC(c3ccc(-c4nc(-c5cccc(-c6ccc7c(c6)sc6cc(C#N)ccc67)c5)nc(-c5ccccc5-c5ccccc5)n4)cc3)(C1)C2. The molecule has 10 rings (SSSR count). The van der Waals surface area contributed by atoms with Crippen LogP contribution in [0, 0.1) is 29.1 Å². The molecule has 5 heteroatoms. The summed E-state index contributed by atoms with van der Waals surface area (Å²) >= 11 is 1.73. The van der Waals surface area contributed by atoms with Gasteiger partial charge in [-0.2, -0.15) is 5.26 Å². The Morgan fingerprint density at radius 2 is 1.12 bits per heavy atom. The second kappa shape index (κ2) is 14.0. The summed E-state index contributed by atoms with van der Waals surface area (Å²) in [6.45, 7) is 4.91. The first-order valence-electron chi connectivity index (χ1n) is 19.9. The lowest BCUT2D eigenvalue weighted by molar-refractivity contribution is 0.0780. The van der Waals surface area contributed by atoms with Crippen LogP contribution in [0.25, 0.3) is 76.6 Å². The van der Waals surface area contributed by atoms with Crippen molar-refractivity contribution in [3.63, 3.8) is 0 Å². The first kappa shape index (κ1) is 34.5. The summed E-state index contributed by atoms with van der Waals surface area (Å²) in [5, 5.41) is 11.9. The van der Waals surface area contributed by atoms with Gasteiger partial charge in [-0.3, -0.25) is 0 Å². The van der Waals surface area contributed by atoms with Crippen molar-refractivity contribution in [3.8, 4) is 62.5 Å². The quantitative estimate of drug-likeness (QED) is 0.170. The van der Waals surface area contributed by atoms with Crippen LogP contribution in [0.5, 0.6) is 0 Å². The average Bonchev–Trinajstić information content (AvgIpc) is 3.60. The van der Waals surface area contributed by atoms with Crippen molar-refractivity contribution in [2.75, 3.05) is 0 Å². The molecule has 0 aliphatic heterocycles. The van der Waals surface area contributed by atoms with Crippen molar-refractivity contribution in [1.29, 1.82) is 5.26 Å². The zero-order valence-electron chi connectivity index (χ0n) is 31.7. The van der Waals surface area contributed by atoms with Gasteiger partial charge in [0.15, 0.2) is 17.5 Å². The Hall–Kier alpha value is -5.96. The number of nitriles is 1. The molecule has 2 aliphatic carbocycles. The van der Waals surface area contributed by atoms with E-state index in [1.807, 2.05) is 18.2 Å². The maximum absolute atomic E-state index is 9.46. The lowest BCUT2D eigenvalue weighted by Crippen LogP contribution is -2.42. The molecule has 1 unspecified atom stereocenters. The van der Waals surface area contributed by atoms with E-state index in [4.69, 9.17) is 15.0 Å². The van der Waals surface area contributed by atoms with Crippen molar-refractivity contribution < 1.29 is 0 Å². The zero-order chi connectivity index (χ0) is 37.8. The number of fused-ring (bicyclic) bond motifs is 5. The van der Waals surface area contributed by atoms with E-state index in [1.165, 1.54) is 53.1 Å². The fourth-order valence-corrected chi connectivity index (χ4v) is 11.4. The van der Waals surface area contributed by atoms with Gasteiger partial charge in [0.25, 0.3) is 0 Å². The highest BCUT2D eigenvalue weighted by atomic mass is 32.1. The van der Waals surface area contributed by atoms with E-state index in [9.17, 15) is 5.26 Å². The summed E-state index contributed by atoms with van der Waals surface area (Å²) in [5.74, 6) is 4.35. The molecular weight excluding hydrogens is 701 g/mol. The fraction of sp³-hybridized carbons (Fsp3) is 0.216. The van der Waals surface area contributed by atoms with Crippen LogP contribution < -0.4 is 0 Å². The van der Waals surface area contributed by atoms with E-state index in [0.717, 1.165) is 61.4 Å². The van der Waals surface area contributed by atoms with Gasteiger partial charge in [-0.1, -0.05) is 129 Å². The van der Waals surface area contributed by atoms with E-state index >= 15 is 0 Å². The molecule has 2 aromatic heterocycles. The predicted octanol–water partition coefficient (Wildman–Crippen LogP) is 13.6. The lowest BCUT2D eigenvalue weighted by atomic mass is 9.54. The van der Waals surface area contributed by atoms with Gasteiger partial charge in [0.2, 0.25) is 0 Å². The third-order valence-electron chi connectivity index (χ3n) is 12.3. The summed E-state index contributed by atoms with van der Waals surface area (Å²) in [4.78, 5) is 15.6. The summed E-state index contributed by atoms with van der Waals surface area (Å²) < 4.78 is 2.33. The van der Waals surface area contributed by atoms with Gasteiger partial charge in [0, 0.05) is 36.9 Å². The molecule has 8 aromatic rings. The molecule has 2 aliphatic rings. The number of nitrogens with zero attached hydrogens (tertiary/aromatic N) is 4. The summed E-state index contributed by atoms with van der Waals surface area (Å²) in [7, 11) is 0. The molecule has 4 nitrogen and oxygen atoms in total. The minimum Gasteiger partial charge on any atom is -0.208 e. The monoisotopic (exact) mass is 742 g/mol. The number of hydrogen-bond donors (Lipinski definition) is 0. The summed E-state index contributed by atoms with van der Waals surface area (Å²) in [6, 6.07) is 51.6. The highest BCUT2D eigenvalue weighted by Gasteiger charge is 2.45. The normalized spacial score (nSPS) is 20.6.